The Balaban J connectivity index is 2.60. The zero-order valence-electron chi connectivity index (χ0n) is 9.95. The summed E-state index contributed by atoms with van der Waals surface area (Å²) < 4.78 is 39.5. The van der Waals surface area contributed by atoms with Crippen molar-refractivity contribution < 1.29 is 18.0 Å². The average molecular weight is 255 g/mol. The smallest absolute Gasteiger partial charge is 0.337 e. The van der Waals surface area contributed by atoms with E-state index in [1.807, 2.05) is 0 Å². The van der Waals surface area contributed by atoms with Crippen molar-refractivity contribution in [2.24, 2.45) is 0 Å². The van der Waals surface area contributed by atoms with Gasteiger partial charge in [-0.15, -0.1) is 0 Å². The van der Waals surface area contributed by atoms with Crippen LogP contribution >= 0.6 is 0 Å². The fraction of sp³-hybridized carbons (Fsp3) is 0.308. The first kappa shape index (κ1) is 12.7. The number of ketones is 1. The maximum atomic E-state index is 12.6. The van der Waals surface area contributed by atoms with Gasteiger partial charge in [-0.05, 0) is 37.4 Å². The van der Waals surface area contributed by atoms with Crippen molar-refractivity contribution in [3.63, 3.8) is 0 Å². The van der Waals surface area contributed by atoms with Crippen LogP contribution in [0.1, 0.15) is 25.5 Å². The second-order valence-electron chi connectivity index (χ2n) is 4.28. The summed E-state index contributed by atoms with van der Waals surface area (Å²) in [5.41, 5.74) is -0.279. The van der Waals surface area contributed by atoms with Gasteiger partial charge in [0.1, 0.15) is 0 Å². The molecule has 0 aliphatic rings. The molecular formula is C13H12F3NO. The number of alkyl halides is 3. The molecule has 2 aromatic rings. The standard InChI is InChI=1S/C13H12F3NO/c1-8(9(2)18)17-6-5-10-3-4-11(7-12(10)17)13(14,15)16/h3-8H,1-2H3. The number of hydrogen-bond acceptors (Lipinski definition) is 1. The van der Waals surface area contributed by atoms with Crippen molar-refractivity contribution in [2.45, 2.75) is 26.1 Å². The first-order valence-electron chi connectivity index (χ1n) is 5.49. The SMILES string of the molecule is CC(=O)C(C)n1ccc2ccc(C(F)(F)F)cc21. The molecule has 0 bridgehead atoms. The molecular weight excluding hydrogens is 243 g/mol. The van der Waals surface area contributed by atoms with Crippen LogP contribution in [-0.4, -0.2) is 10.4 Å². The van der Waals surface area contributed by atoms with Gasteiger partial charge in [0.15, 0.2) is 5.78 Å². The van der Waals surface area contributed by atoms with Crippen LogP contribution in [0.2, 0.25) is 0 Å². The summed E-state index contributed by atoms with van der Waals surface area (Å²) in [5.74, 6) is -0.0927. The molecule has 1 aromatic carbocycles. The molecule has 1 heterocycles. The van der Waals surface area contributed by atoms with E-state index in [-0.39, 0.29) is 5.78 Å². The maximum Gasteiger partial charge on any atom is 0.416 e. The van der Waals surface area contributed by atoms with Crippen molar-refractivity contribution in [3.05, 3.63) is 36.0 Å². The first-order valence-corrected chi connectivity index (χ1v) is 5.49. The molecule has 0 radical (unpaired) electrons. The van der Waals surface area contributed by atoms with Crippen molar-refractivity contribution in [2.75, 3.05) is 0 Å². The van der Waals surface area contributed by atoms with E-state index in [9.17, 15) is 18.0 Å². The van der Waals surface area contributed by atoms with E-state index in [1.165, 1.54) is 13.0 Å². The second kappa shape index (κ2) is 4.15. The van der Waals surface area contributed by atoms with Crippen molar-refractivity contribution >= 4 is 16.7 Å². The van der Waals surface area contributed by atoms with Crippen molar-refractivity contribution in [1.82, 2.24) is 4.57 Å². The molecule has 0 amide bonds. The molecule has 0 fully saturated rings. The number of halogens is 3. The normalized spacial score (nSPS) is 13.8. The summed E-state index contributed by atoms with van der Waals surface area (Å²) in [5, 5.41) is 0.691. The summed E-state index contributed by atoms with van der Waals surface area (Å²) in [6, 6.07) is 4.78. The van der Waals surface area contributed by atoms with Gasteiger partial charge in [-0.2, -0.15) is 13.2 Å². The van der Waals surface area contributed by atoms with E-state index < -0.39 is 17.8 Å². The van der Waals surface area contributed by atoms with Gasteiger partial charge in [0.2, 0.25) is 0 Å². The third-order valence-corrected chi connectivity index (χ3v) is 3.06. The highest BCUT2D eigenvalue weighted by Gasteiger charge is 2.30. The quantitative estimate of drug-likeness (QED) is 0.799. The highest BCUT2D eigenvalue weighted by atomic mass is 19.4. The van der Waals surface area contributed by atoms with Crippen LogP contribution in [0.4, 0.5) is 13.2 Å². The van der Waals surface area contributed by atoms with Gasteiger partial charge >= 0.3 is 6.18 Å². The minimum Gasteiger partial charge on any atom is -0.337 e. The zero-order valence-corrected chi connectivity index (χ0v) is 9.95. The monoisotopic (exact) mass is 255 g/mol. The molecule has 1 aromatic heterocycles. The van der Waals surface area contributed by atoms with Crippen LogP contribution in [0.5, 0.6) is 0 Å². The minimum absolute atomic E-state index is 0.0927. The fourth-order valence-corrected chi connectivity index (χ4v) is 1.86. The summed E-state index contributed by atoms with van der Waals surface area (Å²) >= 11 is 0. The maximum absolute atomic E-state index is 12.6. The Morgan fingerprint density at radius 1 is 1.28 bits per heavy atom. The van der Waals surface area contributed by atoms with Gasteiger partial charge < -0.3 is 4.57 Å². The van der Waals surface area contributed by atoms with Crippen molar-refractivity contribution in [1.29, 1.82) is 0 Å². The molecule has 0 aliphatic heterocycles. The predicted octanol–water partition coefficient (Wildman–Crippen LogP) is 3.81. The van der Waals surface area contributed by atoms with Crippen LogP contribution in [-0.2, 0) is 11.0 Å². The third kappa shape index (κ3) is 2.12. The molecule has 5 heteroatoms. The predicted molar refractivity (Wildman–Crippen MR) is 62.3 cm³/mol. The van der Waals surface area contributed by atoms with Crippen LogP contribution in [0, 0.1) is 0 Å². The van der Waals surface area contributed by atoms with Crippen LogP contribution < -0.4 is 0 Å². The Morgan fingerprint density at radius 2 is 1.94 bits per heavy atom. The topological polar surface area (TPSA) is 22.0 Å². The van der Waals surface area contributed by atoms with Crippen molar-refractivity contribution in [3.8, 4) is 0 Å². The van der Waals surface area contributed by atoms with E-state index >= 15 is 0 Å². The van der Waals surface area contributed by atoms with E-state index in [1.54, 1.807) is 23.8 Å². The van der Waals surface area contributed by atoms with Gasteiger partial charge in [0.25, 0.3) is 0 Å². The third-order valence-electron chi connectivity index (χ3n) is 3.06. The summed E-state index contributed by atoms with van der Waals surface area (Å²) in [6.07, 6.45) is -2.74. The van der Waals surface area contributed by atoms with Crippen LogP contribution in [0.3, 0.4) is 0 Å². The Hall–Kier alpha value is -1.78. The van der Waals surface area contributed by atoms with Gasteiger partial charge in [0, 0.05) is 11.7 Å². The lowest BCUT2D eigenvalue weighted by Gasteiger charge is -2.13. The number of hydrogen-bond donors (Lipinski definition) is 0. The van der Waals surface area contributed by atoms with Gasteiger partial charge in [-0.25, -0.2) is 0 Å². The fourth-order valence-electron chi connectivity index (χ4n) is 1.86. The molecule has 0 saturated carbocycles. The molecule has 96 valence electrons. The summed E-state index contributed by atoms with van der Waals surface area (Å²) in [7, 11) is 0. The molecule has 1 unspecified atom stereocenters. The average Bonchev–Trinajstić information content (AvgIpc) is 2.69. The van der Waals surface area contributed by atoms with Crippen LogP contribution in [0.25, 0.3) is 10.9 Å². The number of Topliss-reactive ketones (excluding diaryl/α,β-unsaturated/α-hetero) is 1. The number of fused-ring (bicyclic) bond motifs is 1. The molecule has 0 N–H and O–H groups in total. The van der Waals surface area contributed by atoms with Gasteiger partial charge in [-0.1, -0.05) is 6.07 Å². The lowest BCUT2D eigenvalue weighted by molar-refractivity contribution is -0.137. The molecule has 0 saturated heterocycles. The highest BCUT2D eigenvalue weighted by Crippen LogP contribution is 2.32. The van der Waals surface area contributed by atoms with Gasteiger partial charge in [-0.3, -0.25) is 4.79 Å². The first-order chi connectivity index (χ1) is 8.30. The molecule has 0 spiro atoms. The summed E-state index contributed by atoms with van der Waals surface area (Å²) in [6.45, 7) is 3.09. The van der Waals surface area contributed by atoms with E-state index in [4.69, 9.17) is 0 Å². The lowest BCUT2D eigenvalue weighted by Crippen LogP contribution is -2.12. The number of aromatic nitrogens is 1. The lowest BCUT2D eigenvalue weighted by atomic mass is 10.1. The molecule has 2 nitrogen and oxygen atoms in total. The Morgan fingerprint density at radius 3 is 2.50 bits per heavy atom. The highest BCUT2D eigenvalue weighted by molar-refractivity contribution is 5.85. The number of nitrogens with zero attached hydrogens (tertiary/aromatic N) is 1. The Bertz CT molecular complexity index is 598. The second-order valence-corrected chi connectivity index (χ2v) is 4.28. The molecule has 1 atom stereocenters. The molecule has 0 aliphatic carbocycles. The number of carbonyl (C=O) groups is 1. The van der Waals surface area contributed by atoms with E-state index in [2.05, 4.69) is 0 Å². The van der Waals surface area contributed by atoms with Gasteiger partial charge in [0.05, 0.1) is 11.6 Å². The Labute approximate surface area is 102 Å². The number of benzene rings is 1. The number of rotatable bonds is 2. The zero-order chi connectivity index (χ0) is 13.5. The number of carbonyl (C=O) groups excluding carboxylic acids is 1. The van der Waals surface area contributed by atoms with E-state index in [0.717, 1.165) is 12.1 Å². The molecule has 18 heavy (non-hydrogen) atoms. The van der Waals surface area contributed by atoms with E-state index in [0.29, 0.717) is 10.9 Å². The minimum atomic E-state index is -4.37. The van der Waals surface area contributed by atoms with Crippen LogP contribution in [0.15, 0.2) is 30.5 Å². The summed E-state index contributed by atoms with van der Waals surface area (Å²) in [4.78, 5) is 11.3. The largest absolute Gasteiger partial charge is 0.416 e. The molecule has 2 rings (SSSR count). The Kier molecular flexibility index (Phi) is 2.92.